The fourth-order valence-corrected chi connectivity index (χ4v) is 4.07. The first-order valence-corrected chi connectivity index (χ1v) is 10.4. The SMILES string of the molecule is Cc1sc(-c2ccco2)nc1C(=O)OC(C)C(=O)N1CCN(c2ncccn2)CC1. The van der Waals surface area contributed by atoms with Gasteiger partial charge in [0.25, 0.3) is 5.91 Å². The molecule has 1 aliphatic rings. The van der Waals surface area contributed by atoms with Crippen molar-refractivity contribution in [1.82, 2.24) is 19.9 Å². The summed E-state index contributed by atoms with van der Waals surface area (Å²) in [7, 11) is 0. The number of carbonyl (C=O) groups is 2. The summed E-state index contributed by atoms with van der Waals surface area (Å²) in [4.78, 5) is 42.6. The fourth-order valence-electron chi connectivity index (χ4n) is 3.20. The Balaban J connectivity index is 1.34. The van der Waals surface area contributed by atoms with Crippen LogP contribution in [-0.2, 0) is 9.53 Å². The number of nitrogens with zero attached hydrogens (tertiary/aromatic N) is 5. The zero-order valence-electron chi connectivity index (χ0n) is 16.6. The molecule has 0 aromatic carbocycles. The van der Waals surface area contributed by atoms with E-state index in [0.29, 0.717) is 47.8 Å². The van der Waals surface area contributed by atoms with Crippen molar-refractivity contribution in [2.75, 3.05) is 31.1 Å². The van der Waals surface area contributed by atoms with Crippen molar-refractivity contribution in [3.8, 4) is 10.8 Å². The van der Waals surface area contributed by atoms with Gasteiger partial charge in [0.1, 0.15) is 0 Å². The van der Waals surface area contributed by atoms with Gasteiger partial charge < -0.3 is 19.0 Å². The molecule has 3 aromatic heterocycles. The number of esters is 1. The average Bonchev–Trinajstić information content (AvgIpc) is 3.43. The molecule has 9 nitrogen and oxygen atoms in total. The highest BCUT2D eigenvalue weighted by Gasteiger charge is 2.29. The maximum atomic E-state index is 12.8. The lowest BCUT2D eigenvalue weighted by Crippen LogP contribution is -2.52. The molecule has 3 aromatic rings. The van der Waals surface area contributed by atoms with Crippen molar-refractivity contribution >= 4 is 29.2 Å². The number of ether oxygens (including phenoxy) is 1. The highest BCUT2D eigenvalue weighted by molar-refractivity contribution is 7.15. The summed E-state index contributed by atoms with van der Waals surface area (Å²) >= 11 is 1.34. The normalized spacial score (nSPS) is 15.1. The molecule has 0 radical (unpaired) electrons. The van der Waals surface area contributed by atoms with E-state index < -0.39 is 12.1 Å². The molecule has 30 heavy (non-hydrogen) atoms. The van der Waals surface area contributed by atoms with Gasteiger partial charge in [0.2, 0.25) is 5.95 Å². The molecule has 0 bridgehead atoms. The van der Waals surface area contributed by atoms with Gasteiger partial charge >= 0.3 is 5.97 Å². The van der Waals surface area contributed by atoms with Gasteiger partial charge in [0, 0.05) is 43.4 Å². The first kappa shape index (κ1) is 20.0. The summed E-state index contributed by atoms with van der Waals surface area (Å²) in [5, 5.41) is 0.600. The molecule has 1 unspecified atom stereocenters. The van der Waals surface area contributed by atoms with Crippen molar-refractivity contribution < 1.29 is 18.7 Å². The van der Waals surface area contributed by atoms with Gasteiger partial charge in [-0.3, -0.25) is 4.79 Å². The second-order valence-corrected chi connectivity index (χ2v) is 8.01. The monoisotopic (exact) mass is 427 g/mol. The van der Waals surface area contributed by atoms with Crippen LogP contribution in [0.5, 0.6) is 0 Å². The number of rotatable bonds is 5. The maximum Gasteiger partial charge on any atom is 0.358 e. The molecule has 0 N–H and O–H groups in total. The number of hydrogen-bond donors (Lipinski definition) is 0. The fraction of sp³-hybridized carbons (Fsp3) is 0.350. The van der Waals surface area contributed by atoms with Crippen LogP contribution in [0.3, 0.4) is 0 Å². The Morgan fingerprint density at radius 3 is 2.57 bits per heavy atom. The maximum absolute atomic E-state index is 12.8. The summed E-state index contributed by atoms with van der Waals surface area (Å²) in [5.41, 5.74) is 0.206. The van der Waals surface area contributed by atoms with Gasteiger partial charge in [-0.1, -0.05) is 0 Å². The van der Waals surface area contributed by atoms with Crippen LogP contribution in [0.15, 0.2) is 41.3 Å². The molecule has 1 saturated heterocycles. The number of amides is 1. The van der Waals surface area contributed by atoms with E-state index in [1.165, 1.54) is 11.3 Å². The third-order valence-corrected chi connectivity index (χ3v) is 5.77. The molecule has 1 fully saturated rings. The third kappa shape index (κ3) is 4.18. The van der Waals surface area contributed by atoms with E-state index in [2.05, 4.69) is 15.0 Å². The minimum Gasteiger partial charge on any atom is -0.462 e. The Labute approximate surface area is 177 Å². The van der Waals surface area contributed by atoms with E-state index in [1.807, 2.05) is 4.90 Å². The van der Waals surface area contributed by atoms with Crippen LogP contribution >= 0.6 is 11.3 Å². The predicted molar refractivity (Wildman–Crippen MR) is 110 cm³/mol. The summed E-state index contributed by atoms with van der Waals surface area (Å²) < 4.78 is 10.7. The van der Waals surface area contributed by atoms with Gasteiger partial charge in [-0.2, -0.15) is 0 Å². The third-order valence-electron chi connectivity index (χ3n) is 4.78. The number of furan rings is 1. The lowest BCUT2D eigenvalue weighted by Gasteiger charge is -2.35. The van der Waals surface area contributed by atoms with Crippen LogP contribution in [0.25, 0.3) is 10.8 Å². The van der Waals surface area contributed by atoms with Gasteiger partial charge in [-0.15, -0.1) is 11.3 Å². The summed E-state index contributed by atoms with van der Waals surface area (Å²) in [6.07, 6.45) is 4.04. The Bertz CT molecular complexity index is 1010. The highest BCUT2D eigenvalue weighted by atomic mass is 32.1. The van der Waals surface area contributed by atoms with E-state index in [4.69, 9.17) is 9.15 Å². The molecule has 156 valence electrons. The second-order valence-electron chi connectivity index (χ2n) is 6.81. The number of aryl methyl sites for hydroxylation is 1. The van der Waals surface area contributed by atoms with Crippen LogP contribution in [0.2, 0.25) is 0 Å². The Morgan fingerprint density at radius 1 is 1.17 bits per heavy atom. The molecular formula is C20H21N5O4S. The Kier molecular flexibility index (Phi) is 5.75. The first-order valence-electron chi connectivity index (χ1n) is 9.56. The lowest BCUT2D eigenvalue weighted by atomic mass is 10.2. The van der Waals surface area contributed by atoms with Gasteiger partial charge in [-0.25, -0.2) is 19.7 Å². The molecule has 10 heteroatoms. The van der Waals surface area contributed by atoms with Crippen LogP contribution < -0.4 is 4.90 Å². The molecule has 0 spiro atoms. The van der Waals surface area contributed by atoms with Crippen molar-refractivity contribution in [1.29, 1.82) is 0 Å². The number of aromatic nitrogens is 3. The molecule has 4 rings (SSSR count). The van der Waals surface area contributed by atoms with Gasteiger partial charge in [0.05, 0.1) is 6.26 Å². The predicted octanol–water partition coefficient (Wildman–Crippen LogP) is 2.40. The van der Waals surface area contributed by atoms with E-state index in [-0.39, 0.29) is 11.6 Å². The number of carbonyl (C=O) groups excluding carboxylic acids is 2. The van der Waals surface area contributed by atoms with Crippen LogP contribution in [0, 0.1) is 6.92 Å². The number of hydrogen-bond acceptors (Lipinski definition) is 9. The van der Waals surface area contributed by atoms with E-state index in [0.717, 1.165) is 0 Å². The summed E-state index contributed by atoms with van der Waals surface area (Å²) in [6, 6.07) is 5.30. The lowest BCUT2D eigenvalue weighted by molar-refractivity contribution is -0.140. The number of thiazole rings is 1. The van der Waals surface area contributed by atoms with Crippen molar-refractivity contribution in [2.24, 2.45) is 0 Å². The zero-order chi connectivity index (χ0) is 21.1. The van der Waals surface area contributed by atoms with E-state index in [1.54, 1.807) is 55.6 Å². The minimum atomic E-state index is -0.898. The van der Waals surface area contributed by atoms with Crippen LogP contribution in [0.4, 0.5) is 5.95 Å². The number of piperazine rings is 1. The molecule has 1 atom stereocenters. The van der Waals surface area contributed by atoms with E-state index in [9.17, 15) is 9.59 Å². The highest BCUT2D eigenvalue weighted by Crippen LogP contribution is 2.28. The molecule has 0 saturated carbocycles. The molecule has 0 aliphatic carbocycles. The van der Waals surface area contributed by atoms with Gasteiger partial charge in [-0.05, 0) is 32.0 Å². The molecule has 1 aliphatic heterocycles. The molecule has 1 amide bonds. The van der Waals surface area contributed by atoms with Crippen LogP contribution in [-0.4, -0.2) is 64.0 Å². The van der Waals surface area contributed by atoms with Crippen molar-refractivity contribution in [3.63, 3.8) is 0 Å². The Hall–Kier alpha value is -3.27. The summed E-state index contributed by atoms with van der Waals surface area (Å²) in [6.45, 7) is 5.64. The Morgan fingerprint density at radius 2 is 1.90 bits per heavy atom. The quantitative estimate of drug-likeness (QED) is 0.572. The first-order chi connectivity index (χ1) is 14.5. The molecule has 4 heterocycles. The molecular weight excluding hydrogens is 406 g/mol. The standard InChI is InChI=1S/C20H21N5O4S/c1-13(18(26)24-8-10-25(11-9-24)20-21-6-4-7-22-20)29-19(27)16-14(2)30-17(23-16)15-5-3-12-28-15/h3-7,12-13H,8-11H2,1-2H3. The zero-order valence-corrected chi connectivity index (χ0v) is 17.5. The number of anilines is 1. The van der Waals surface area contributed by atoms with E-state index >= 15 is 0 Å². The topological polar surface area (TPSA) is 102 Å². The van der Waals surface area contributed by atoms with Crippen LogP contribution in [0.1, 0.15) is 22.3 Å². The second kappa shape index (κ2) is 8.62. The summed E-state index contributed by atoms with van der Waals surface area (Å²) in [5.74, 6) is 0.400. The average molecular weight is 427 g/mol. The van der Waals surface area contributed by atoms with Crippen molar-refractivity contribution in [3.05, 3.63) is 47.4 Å². The smallest absolute Gasteiger partial charge is 0.358 e. The van der Waals surface area contributed by atoms with Crippen molar-refractivity contribution in [2.45, 2.75) is 20.0 Å². The van der Waals surface area contributed by atoms with Gasteiger partial charge in [0.15, 0.2) is 22.6 Å². The largest absolute Gasteiger partial charge is 0.462 e. The minimum absolute atomic E-state index is 0.206.